The van der Waals surface area contributed by atoms with Crippen molar-refractivity contribution in [3.63, 3.8) is 0 Å². The Bertz CT molecular complexity index is 1610. The molecule has 5 heterocycles. The molecule has 2 aromatic heterocycles. The highest BCUT2D eigenvalue weighted by Gasteiger charge is 2.54. The molecule has 2 fully saturated rings. The number of aromatic nitrogens is 2. The Morgan fingerprint density at radius 2 is 2.11 bits per heavy atom. The third-order valence-electron chi connectivity index (χ3n) is 7.06. The Hall–Kier alpha value is -2.91. The number of hydrogen-bond donors (Lipinski definition) is 6. The van der Waals surface area contributed by atoms with E-state index in [0.29, 0.717) is 23.6 Å². The van der Waals surface area contributed by atoms with Crippen LogP contribution in [0, 0.1) is 0 Å². The summed E-state index contributed by atoms with van der Waals surface area (Å²) in [6.45, 7) is 0.599. The van der Waals surface area contributed by atoms with Crippen molar-refractivity contribution in [1.82, 2.24) is 25.5 Å². The third kappa shape index (κ3) is 6.94. The molecular weight excluding hydrogens is 688 g/mol. The summed E-state index contributed by atoms with van der Waals surface area (Å²) in [5, 5.41) is 37.7. The van der Waals surface area contributed by atoms with Crippen LogP contribution >= 0.6 is 58.2 Å². The maximum absolute atomic E-state index is 13.2. The number of aliphatic carboxylic acids is 1. The van der Waals surface area contributed by atoms with Gasteiger partial charge in [0.1, 0.15) is 47.3 Å². The SMILES string of the molecule is C[N+](C)(O)C(=O)[C@@H]1CC(SCc2cnccc2SC2=C(C(=O)O)N3C(=O)[C@@H](NC(=O)/C(=N\O)c4nc(N)sc4Cl)[C@@H]3SC2)CN1. The molecule has 2 aromatic rings. The van der Waals surface area contributed by atoms with Crippen LogP contribution in [0.1, 0.15) is 17.7 Å². The Morgan fingerprint density at radius 1 is 1.36 bits per heavy atom. The van der Waals surface area contributed by atoms with Gasteiger partial charge in [-0.2, -0.15) is 11.8 Å². The fourth-order valence-electron chi connectivity index (χ4n) is 4.90. The molecular formula is C25H28ClN8O7S4+. The number of hydroxylamine groups is 3. The van der Waals surface area contributed by atoms with Crippen molar-refractivity contribution in [1.29, 1.82) is 0 Å². The van der Waals surface area contributed by atoms with Gasteiger partial charge in [0.2, 0.25) is 0 Å². The zero-order chi connectivity index (χ0) is 32.6. The molecule has 0 spiro atoms. The van der Waals surface area contributed by atoms with Crippen molar-refractivity contribution in [3.05, 3.63) is 44.7 Å². The number of thiazole rings is 1. The first-order chi connectivity index (χ1) is 21.3. The van der Waals surface area contributed by atoms with E-state index in [2.05, 4.69) is 25.8 Å². The molecule has 15 nitrogen and oxygen atoms in total. The van der Waals surface area contributed by atoms with Crippen molar-refractivity contribution in [2.75, 3.05) is 32.1 Å². The molecule has 1 unspecified atom stereocenters. The molecule has 3 amide bonds. The molecule has 3 aliphatic rings. The third-order valence-corrected chi connectivity index (χ3v) is 12.1. The average molecular weight is 716 g/mol. The van der Waals surface area contributed by atoms with Crippen LogP contribution in [0.25, 0.3) is 0 Å². The van der Waals surface area contributed by atoms with Gasteiger partial charge in [0.05, 0.1) is 0 Å². The van der Waals surface area contributed by atoms with Gasteiger partial charge in [-0.3, -0.25) is 19.5 Å². The fourth-order valence-corrected chi connectivity index (χ4v) is 9.68. The minimum absolute atomic E-state index is 0.0277. The number of β-lactam (4-membered cyclic amide) rings is 1. The largest absolute Gasteiger partial charge is 0.477 e. The molecule has 3 aliphatic heterocycles. The molecule has 0 aromatic carbocycles. The quantitative estimate of drug-likeness (QED) is 0.0512. The summed E-state index contributed by atoms with van der Waals surface area (Å²) in [4.78, 5) is 61.4. The van der Waals surface area contributed by atoms with Crippen LogP contribution in [0.2, 0.25) is 4.34 Å². The van der Waals surface area contributed by atoms with Crippen LogP contribution in [-0.2, 0) is 24.9 Å². The molecule has 0 bridgehead atoms. The Labute approximate surface area is 278 Å². The van der Waals surface area contributed by atoms with Crippen molar-refractivity contribution >= 4 is 92.8 Å². The second-order valence-electron chi connectivity index (χ2n) is 10.5. The predicted octanol–water partition coefficient (Wildman–Crippen LogP) is 1.40. The number of thioether (sulfide) groups is 3. The van der Waals surface area contributed by atoms with Gasteiger partial charge in [-0.05, 0) is 18.1 Å². The minimum atomic E-state index is -1.29. The van der Waals surface area contributed by atoms with Crippen molar-refractivity contribution in [3.8, 4) is 0 Å². The summed E-state index contributed by atoms with van der Waals surface area (Å²) in [5.41, 5.74) is 5.64. The van der Waals surface area contributed by atoms with Crippen LogP contribution in [-0.4, -0.2) is 114 Å². The van der Waals surface area contributed by atoms with E-state index < -0.39 is 45.6 Å². The van der Waals surface area contributed by atoms with Crippen molar-refractivity contribution in [2.45, 2.75) is 39.8 Å². The average Bonchev–Trinajstić information content (AvgIpc) is 3.60. The van der Waals surface area contributed by atoms with Gasteiger partial charge in [0.25, 0.3) is 11.8 Å². The first kappa shape index (κ1) is 33.5. The summed E-state index contributed by atoms with van der Waals surface area (Å²) >= 11 is 11.1. The maximum atomic E-state index is 13.2. The Balaban J connectivity index is 1.26. The van der Waals surface area contributed by atoms with E-state index in [4.69, 9.17) is 17.3 Å². The summed E-state index contributed by atoms with van der Waals surface area (Å²) < 4.78 is -0.722. The number of nitrogens with one attached hydrogen (secondary N) is 2. The summed E-state index contributed by atoms with van der Waals surface area (Å²) in [6, 6.07) is 0.255. The molecule has 7 N–H and O–H groups in total. The summed E-state index contributed by atoms with van der Waals surface area (Å²) in [6.07, 6.45) is 3.87. The van der Waals surface area contributed by atoms with Crippen LogP contribution in [0.5, 0.6) is 0 Å². The number of pyridine rings is 1. The van der Waals surface area contributed by atoms with Gasteiger partial charge in [0.15, 0.2) is 10.8 Å². The Morgan fingerprint density at radius 3 is 2.76 bits per heavy atom. The van der Waals surface area contributed by atoms with E-state index in [0.717, 1.165) is 26.7 Å². The second kappa shape index (κ2) is 13.4. The maximum Gasteiger partial charge on any atom is 0.362 e. The number of carboxylic acid groups (broad SMARTS) is 1. The van der Waals surface area contributed by atoms with E-state index >= 15 is 0 Å². The molecule has 0 aliphatic carbocycles. The molecule has 4 atom stereocenters. The lowest BCUT2D eigenvalue weighted by Gasteiger charge is -2.49. The number of amides is 3. The number of nitrogens with two attached hydrogens (primary N) is 1. The zero-order valence-corrected chi connectivity index (χ0v) is 27.7. The smallest absolute Gasteiger partial charge is 0.362 e. The standard InChI is InChI=1S/C25H27ClN8O7S4/c1-34(2,41)23(37)12-5-11(7-29-12)42-8-10-6-28-4-3-13(10)44-14-9-43-22-17(21(36)33(22)18(14)24(38)39)30-20(35)16(32-40)15-19(26)45-25(27)31-15/h3-4,6,11-12,17,22,29,41H,5,7-9H2,1-2H3,(H4-,27,30,31,35,38,39,40)/p+1/t11?,12-,17+,22-/m0/s1. The number of carbonyl (C=O) groups is 4. The number of carbonyl (C=O) groups excluding carboxylic acids is 3. The predicted molar refractivity (Wildman–Crippen MR) is 170 cm³/mol. The lowest BCUT2D eigenvalue weighted by atomic mass is 10.0. The summed E-state index contributed by atoms with van der Waals surface area (Å²) in [5.74, 6) is -2.35. The number of likely N-dealkylation sites (N-methyl/N-ethyl adjacent to an activating group) is 1. The molecule has 240 valence electrons. The first-order valence-corrected chi connectivity index (χ1v) is 17.3. The van der Waals surface area contributed by atoms with Gasteiger partial charge < -0.3 is 26.7 Å². The van der Waals surface area contributed by atoms with Crippen LogP contribution in [0.3, 0.4) is 0 Å². The fraction of sp³-hybridized carbons (Fsp3) is 0.400. The lowest BCUT2D eigenvalue weighted by molar-refractivity contribution is -1.01. The topological polar surface area (TPSA) is 220 Å². The van der Waals surface area contributed by atoms with Crippen molar-refractivity contribution in [2.24, 2.45) is 5.16 Å². The molecule has 20 heteroatoms. The van der Waals surface area contributed by atoms with Crippen LogP contribution in [0.4, 0.5) is 5.13 Å². The lowest BCUT2D eigenvalue weighted by Crippen LogP contribution is -2.71. The minimum Gasteiger partial charge on any atom is -0.477 e. The number of oxime groups is 1. The molecule has 0 radical (unpaired) electrons. The Kier molecular flexibility index (Phi) is 9.99. The number of rotatable bonds is 10. The normalized spacial score (nSPS) is 23.5. The number of quaternary nitrogens is 1. The molecule has 0 saturated carbocycles. The van der Waals surface area contributed by atoms with Gasteiger partial charge in [0, 0.05) is 45.5 Å². The van der Waals surface area contributed by atoms with E-state index in [-0.39, 0.29) is 37.8 Å². The number of hydrogen-bond acceptors (Lipinski definition) is 15. The highest BCUT2D eigenvalue weighted by molar-refractivity contribution is 8.06. The van der Waals surface area contributed by atoms with Gasteiger partial charge in [-0.1, -0.05) is 39.9 Å². The van der Waals surface area contributed by atoms with E-state index in [1.807, 2.05) is 0 Å². The molecule has 2 saturated heterocycles. The van der Waals surface area contributed by atoms with E-state index in [1.54, 1.807) is 30.2 Å². The van der Waals surface area contributed by atoms with Crippen LogP contribution < -0.4 is 16.4 Å². The highest BCUT2D eigenvalue weighted by atomic mass is 35.5. The number of carboxylic acids is 1. The van der Waals surface area contributed by atoms with Crippen LogP contribution in [0.15, 0.2) is 39.1 Å². The number of nitrogens with zero attached hydrogens (tertiary/aromatic N) is 5. The number of halogens is 1. The number of nitrogen functional groups attached to an aromatic ring is 1. The zero-order valence-electron chi connectivity index (χ0n) is 23.7. The first-order valence-electron chi connectivity index (χ1n) is 13.2. The number of anilines is 1. The highest BCUT2D eigenvalue weighted by Crippen LogP contribution is 2.46. The van der Waals surface area contributed by atoms with Gasteiger partial charge in [-0.15, -0.1) is 16.4 Å². The second-order valence-corrected chi connectivity index (χ2v) is 15.7. The molecule has 45 heavy (non-hydrogen) atoms. The van der Waals surface area contributed by atoms with E-state index in [9.17, 15) is 34.7 Å². The van der Waals surface area contributed by atoms with Crippen molar-refractivity contribution < 1.29 is 39.3 Å². The monoisotopic (exact) mass is 715 g/mol. The molecule has 5 rings (SSSR count). The van der Waals surface area contributed by atoms with Gasteiger partial charge >= 0.3 is 11.9 Å². The van der Waals surface area contributed by atoms with E-state index in [1.165, 1.54) is 37.6 Å². The van der Waals surface area contributed by atoms with Gasteiger partial charge in [-0.25, -0.2) is 19.8 Å². The summed E-state index contributed by atoms with van der Waals surface area (Å²) in [7, 11) is 2.83. The number of fused-ring (bicyclic) bond motifs is 1.